The molecule has 1 aliphatic rings. The first-order chi connectivity index (χ1) is 13.0. The largest absolute Gasteiger partial charge is 0.454 e. The summed E-state index contributed by atoms with van der Waals surface area (Å²) in [5.41, 5.74) is 1.05. The predicted molar refractivity (Wildman–Crippen MR) is 101 cm³/mol. The zero-order valence-electron chi connectivity index (χ0n) is 15.0. The van der Waals surface area contributed by atoms with E-state index >= 15 is 0 Å². The number of hydrogen-bond donors (Lipinski definition) is 1. The van der Waals surface area contributed by atoms with Gasteiger partial charge in [0.25, 0.3) is 5.91 Å². The van der Waals surface area contributed by atoms with Crippen LogP contribution in [0.25, 0.3) is 10.2 Å². The van der Waals surface area contributed by atoms with Crippen molar-refractivity contribution in [1.29, 1.82) is 0 Å². The number of nitrogens with one attached hydrogen (secondary N) is 1. The van der Waals surface area contributed by atoms with Crippen LogP contribution in [0, 0.1) is 5.82 Å². The summed E-state index contributed by atoms with van der Waals surface area (Å²) >= 11 is 1.41. The summed E-state index contributed by atoms with van der Waals surface area (Å²) in [6, 6.07) is 9.42. The van der Waals surface area contributed by atoms with Crippen LogP contribution in [0.15, 0.2) is 36.4 Å². The Bertz CT molecular complexity index is 964. The van der Waals surface area contributed by atoms with Crippen LogP contribution in [0.4, 0.5) is 9.52 Å². The fraction of sp³-hybridized carbons (Fsp3) is 0.263. The van der Waals surface area contributed by atoms with Gasteiger partial charge in [0.2, 0.25) is 6.79 Å². The number of halogens is 1. The molecule has 0 bridgehead atoms. The molecule has 1 N–H and O–H groups in total. The highest BCUT2D eigenvalue weighted by Gasteiger charge is 2.24. The van der Waals surface area contributed by atoms with E-state index < -0.39 is 5.82 Å². The molecule has 0 saturated heterocycles. The first kappa shape index (κ1) is 17.7. The van der Waals surface area contributed by atoms with Gasteiger partial charge in [-0.15, -0.1) is 0 Å². The van der Waals surface area contributed by atoms with E-state index in [0.29, 0.717) is 28.7 Å². The van der Waals surface area contributed by atoms with Crippen LogP contribution in [-0.2, 0) is 0 Å². The summed E-state index contributed by atoms with van der Waals surface area (Å²) in [6.07, 6.45) is 0. The van der Waals surface area contributed by atoms with Gasteiger partial charge in [-0.3, -0.25) is 9.69 Å². The Labute approximate surface area is 159 Å². The van der Waals surface area contributed by atoms with Gasteiger partial charge in [0.05, 0.1) is 37.4 Å². The molecule has 0 atom stereocenters. The summed E-state index contributed by atoms with van der Waals surface area (Å²) in [7, 11) is 4.03. The molecule has 0 saturated carbocycles. The second-order valence-electron chi connectivity index (χ2n) is 6.59. The van der Waals surface area contributed by atoms with Crippen molar-refractivity contribution in [1.82, 2.24) is 4.98 Å². The fourth-order valence-corrected chi connectivity index (χ4v) is 3.82. The van der Waals surface area contributed by atoms with E-state index in [1.54, 1.807) is 11.0 Å². The zero-order valence-corrected chi connectivity index (χ0v) is 15.8. The van der Waals surface area contributed by atoms with Crippen molar-refractivity contribution < 1.29 is 23.6 Å². The van der Waals surface area contributed by atoms with Crippen LogP contribution in [0.1, 0.15) is 10.4 Å². The van der Waals surface area contributed by atoms with Crippen LogP contribution in [0.2, 0.25) is 0 Å². The molecule has 0 unspecified atom stereocenters. The standard InChI is InChI=1S/C19H18FN3O3S/c1-22(2)6-7-23(18(24)12-4-3-5-13(20)8-12)19-21-14-9-15-16(26-11-25-15)10-17(14)27-19/h3-5,8-10H,6-7,11H2,1-2H3/p+1. The van der Waals surface area contributed by atoms with E-state index in [2.05, 4.69) is 4.98 Å². The van der Waals surface area contributed by atoms with Gasteiger partial charge in [-0.25, -0.2) is 9.37 Å². The van der Waals surface area contributed by atoms with Crippen molar-refractivity contribution in [2.75, 3.05) is 38.9 Å². The molecule has 0 spiro atoms. The van der Waals surface area contributed by atoms with Crippen molar-refractivity contribution in [3.63, 3.8) is 0 Å². The lowest BCUT2D eigenvalue weighted by molar-refractivity contribution is -0.856. The van der Waals surface area contributed by atoms with E-state index in [1.807, 2.05) is 26.2 Å². The molecular formula is C19H19FN3O3S+. The van der Waals surface area contributed by atoms with Gasteiger partial charge in [0, 0.05) is 17.7 Å². The van der Waals surface area contributed by atoms with Gasteiger partial charge in [0.1, 0.15) is 5.82 Å². The molecule has 8 heteroatoms. The SMILES string of the molecule is C[NH+](C)CCN(C(=O)c1cccc(F)c1)c1nc2cc3c(cc2s1)OCO3. The highest BCUT2D eigenvalue weighted by molar-refractivity contribution is 7.22. The highest BCUT2D eigenvalue weighted by atomic mass is 32.1. The first-order valence-corrected chi connectivity index (χ1v) is 9.39. The third-order valence-electron chi connectivity index (χ3n) is 4.25. The zero-order chi connectivity index (χ0) is 19.0. The van der Waals surface area contributed by atoms with Crippen molar-refractivity contribution in [2.45, 2.75) is 0 Å². The second-order valence-corrected chi connectivity index (χ2v) is 7.60. The molecule has 2 aromatic carbocycles. The molecule has 3 aromatic rings. The minimum absolute atomic E-state index is 0.204. The Morgan fingerprint density at radius 2 is 2.04 bits per heavy atom. The van der Waals surface area contributed by atoms with Gasteiger partial charge in [0.15, 0.2) is 16.6 Å². The number of likely N-dealkylation sites (N-methyl/N-ethyl adjacent to an activating group) is 1. The molecule has 0 radical (unpaired) electrons. The Morgan fingerprint density at radius 3 is 2.78 bits per heavy atom. The molecule has 4 rings (SSSR count). The van der Waals surface area contributed by atoms with Crippen molar-refractivity contribution >= 4 is 32.6 Å². The summed E-state index contributed by atoms with van der Waals surface area (Å²) in [5.74, 6) is 0.627. The number of thiazole rings is 1. The smallest absolute Gasteiger partial charge is 0.260 e. The van der Waals surface area contributed by atoms with Crippen LogP contribution in [0.3, 0.4) is 0 Å². The van der Waals surface area contributed by atoms with Gasteiger partial charge >= 0.3 is 0 Å². The maximum atomic E-state index is 13.6. The third kappa shape index (κ3) is 3.58. The monoisotopic (exact) mass is 388 g/mol. The van der Waals surface area contributed by atoms with E-state index in [-0.39, 0.29) is 12.7 Å². The van der Waals surface area contributed by atoms with E-state index in [4.69, 9.17) is 9.47 Å². The Hall–Kier alpha value is -2.71. The molecule has 0 aliphatic carbocycles. The minimum Gasteiger partial charge on any atom is -0.454 e. The molecule has 1 aromatic heterocycles. The van der Waals surface area contributed by atoms with Crippen molar-refractivity contribution in [3.05, 3.63) is 47.8 Å². The number of hydrogen-bond acceptors (Lipinski definition) is 5. The Kier molecular flexibility index (Phi) is 4.67. The summed E-state index contributed by atoms with van der Waals surface area (Å²) in [4.78, 5) is 20.5. The van der Waals surface area contributed by atoms with Gasteiger partial charge in [-0.05, 0) is 18.2 Å². The van der Waals surface area contributed by atoms with E-state index in [0.717, 1.165) is 16.8 Å². The quantitative estimate of drug-likeness (QED) is 0.726. The molecule has 1 aliphatic heterocycles. The van der Waals surface area contributed by atoms with Crippen molar-refractivity contribution in [2.24, 2.45) is 0 Å². The summed E-state index contributed by atoms with van der Waals surface area (Å²) in [6.45, 7) is 1.42. The highest BCUT2D eigenvalue weighted by Crippen LogP contribution is 2.39. The summed E-state index contributed by atoms with van der Waals surface area (Å²) in [5, 5.41) is 0.573. The normalized spacial score (nSPS) is 12.7. The topological polar surface area (TPSA) is 56.1 Å². The number of benzene rings is 2. The number of ether oxygens (including phenoxy) is 2. The maximum absolute atomic E-state index is 13.6. The van der Waals surface area contributed by atoms with Gasteiger partial charge in [-0.1, -0.05) is 17.4 Å². The molecule has 0 fully saturated rings. The maximum Gasteiger partial charge on any atom is 0.260 e. The molecule has 140 valence electrons. The lowest BCUT2D eigenvalue weighted by Gasteiger charge is -2.20. The predicted octanol–water partition coefficient (Wildman–Crippen LogP) is 1.96. The molecule has 27 heavy (non-hydrogen) atoms. The van der Waals surface area contributed by atoms with Gasteiger partial charge < -0.3 is 14.4 Å². The number of quaternary nitrogens is 1. The number of anilines is 1. The lowest BCUT2D eigenvalue weighted by Crippen LogP contribution is -3.06. The van der Waals surface area contributed by atoms with Crippen LogP contribution < -0.4 is 19.3 Å². The molecular weight excluding hydrogens is 369 g/mol. The fourth-order valence-electron chi connectivity index (χ4n) is 2.82. The van der Waals surface area contributed by atoms with Crippen LogP contribution in [0.5, 0.6) is 11.5 Å². The molecule has 1 amide bonds. The number of rotatable bonds is 5. The number of carbonyl (C=O) groups excluding carboxylic acids is 1. The number of carbonyl (C=O) groups is 1. The first-order valence-electron chi connectivity index (χ1n) is 8.58. The number of fused-ring (bicyclic) bond motifs is 2. The number of nitrogens with zero attached hydrogens (tertiary/aromatic N) is 2. The average Bonchev–Trinajstić information content (AvgIpc) is 3.24. The van der Waals surface area contributed by atoms with Crippen LogP contribution in [-0.4, -0.2) is 44.9 Å². The third-order valence-corrected chi connectivity index (χ3v) is 5.30. The molecule has 6 nitrogen and oxygen atoms in total. The lowest BCUT2D eigenvalue weighted by atomic mass is 10.2. The average molecular weight is 388 g/mol. The Balaban J connectivity index is 1.71. The second kappa shape index (κ2) is 7.13. The van der Waals surface area contributed by atoms with E-state index in [9.17, 15) is 9.18 Å². The summed E-state index contributed by atoms with van der Waals surface area (Å²) < 4.78 is 25.3. The number of amides is 1. The molecule has 2 heterocycles. The van der Waals surface area contributed by atoms with Crippen molar-refractivity contribution in [3.8, 4) is 11.5 Å². The Morgan fingerprint density at radius 1 is 1.26 bits per heavy atom. The van der Waals surface area contributed by atoms with E-state index in [1.165, 1.54) is 34.4 Å². The van der Waals surface area contributed by atoms with Gasteiger partial charge in [-0.2, -0.15) is 0 Å². The minimum atomic E-state index is -0.436. The van der Waals surface area contributed by atoms with Crippen LogP contribution >= 0.6 is 11.3 Å². The number of aromatic nitrogens is 1.